The fraction of sp³-hybridized carbons (Fsp3) is 0.455. The molecule has 0 radical (unpaired) electrons. The Morgan fingerprint density at radius 1 is 0.852 bits per heavy atom. The van der Waals surface area contributed by atoms with Crippen molar-refractivity contribution >= 4 is 22.7 Å². The molecule has 1 aliphatic rings. The third-order valence-electron chi connectivity index (χ3n) is 5.15. The molecule has 0 fully saturated rings. The average Bonchev–Trinajstić information content (AvgIpc) is 3.31. The van der Waals surface area contributed by atoms with E-state index in [-0.39, 0.29) is 10.8 Å². The molecule has 4 rings (SSSR count). The Balaban J connectivity index is 1.93. The van der Waals surface area contributed by atoms with Crippen LogP contribution in [0.1, 0.15) is 74.1 Å². The van der Waals surface area contributed by atoms with Crippen LogP contribution in [0.4, 0.5) is 0 Å². The third-order valence-corrected chi connectivity index (χ3v) is 7.08. The van der Waals surface area contributed by atoms with Crippen LogP contribution in [0.15, 0.2) is 35.0 Å². The van der Waals surface area contributed by atoms with Crippen LogP contribution < -0.4 is 5.32 Å². The molecule has 3 heterocycles. The standard InChI is InChI=1S/C22H27N3S2/c1-20(2,3)16-12-26-18(24-16)22(15-10-8-7-9-14(15)11-23-22)19-25-17(13-27-19)21(4,5)6/h7-10,12-13,23H,11H2,1-6H3. The van der Waals surface area contributed by atoms with E-state index in [0.717, 1.165) is 27.9 Å². The van der Waals surface area contributed by atoms with Crippen molar-refractivity contribution in [3.05, 3.63) is 67.6 Å². The monoisotopic (exact) mass is 397 g/mol. The Hall–Kier alpha value is -1.56. The van der Waals surface area contributed by atoms with E-state index in [2.05, 4.69) is 81.9 Å². The largest absolute Gasteiger partial charge is 0.292 e. The van der Waals surface area contributed by atoms with Crippen LogP contribution in [0.3, 0.4) is 0 Å². The van der Waals surface area contributed by atoms with Gasteiger partial charge in [0, 0.05) is 28.1 Å². The van der Waals surface area contributed by atoms with Gasteiger partial charge < -0.3 is 0 Å². The highest BCUT2D eigenvalue weighted by Gasteiger charge is 2.47. The lowest BCUT2D eigenvalue weighted by atomic mass is 9.90. The minimum Gasteiger partial charge on any atom is -0.292 e. The summed E-state index contributed by atoms with van der Waals surface area (Å²) in [6.07, 6.45) is 0. The van der Waals surface area contributed by atoms with Gasteiger partial charge in [-0.1, -0.05) is 65.8 Å². The number of thiazole rings is 2. The van der Waals surface area contributed by atoms with Crippen molar-refractivity contribution in [2.24, 2.45) is 0 Å². The molecule has 5 heteroatoms. The minimum absolute atomic E-state index is 0.0352. The van der Waals surface area contributed by atoms with Crippen LogP contribution in [0.5, 0.6) is 0 Å². The van der Waals surface area contributed by atoms with Crippen LogP contribution in [-0.2, 0) is 22.9 Å². The second-order valence-electron chi connectivity index (χ2n) is 9.34. The van der Waals surface area contributed by atoms with Gasteiger partial charge in [0.25, 0.3) is 0 Å². The molecule has 1 aliphatic heterocycles. The fourth-order valence-electron chi connectivity index (χ4n) is 3.42. The molecule has 0 saturated heterocycles. The highest BCUT2D eigenvalue weighted by Crippen LogP contribution is 2.46. The summed E-state index contributed by atoms with van der Waals surface area (Å²) in [5.74, 6) is 0. The first-order valence-corrected chi connectivity index (χ1v) is 11.1. The topological polar surface area (TPSA) is 37.8 Å². The molecule has 0 spiro atoms. The van der Waals surface area contributed by atoms with Crippen molar-refractivity contribution in [3.63, 3.8) is 0 Å². The Bertz CT molecular complexity index is 918. The summed E-state index contributed by atoms with van der Waals surface area (Å²) in [6, 6.07) is 8.67. The molecule has 27 heavy (non-hydrogen) atoms. The van der Waals surface area contributed by atoms with Crippen LogP contribution in [0.2, 0.25) is 0 Å². The molecule has 0 unspecified atom stereocenters. The van der Waals surface area contributed by atoms with Gasteiger partial charge in [0.05, 0.1) is 11.4 Å². The maximum atomic E-state index is 5.11. The van der Waals surface area contributed by atoms with Gasteiger partial charge in [-0.25, -0.2) is 9.97 Å². The molecular formula is C22H27N3S2. The molecule has 3 nitrogen and oxygen atoms in total. The van der Waals surface area contributed by atoms with E-state index >= 15 is 0 Å². The molecule has 1 aromatic carbocycles. The zero-order valence-corrected chi connectivity index (χ0v) is 18.5. The number of hydrogen-bond acceptors (Lipinski definition) is 5. The second-order valence-corrected chi connectivity index (χ2v) is 11.1. The van der Waals surface area contributed by atoms with Crippen LogP contribution >= 0.6 is 22.7 Å². The zero-order valence-electron chi connectivity index (χ0n) is 16.9. The molecule has 0 saturated carbocycles. The summed E-state index contributed by atoms with van der Waals surface area (Å²) in [7, 11) is 0. The van der Waals surface area contributed by atoms with Gasteiger partial charge in [-0.15, -0.1) is 22.7 Å². The van der Waals surface area contributed by atoms with Crippen molar-refractivity contribution in [1.29, 1.82) is 0 Å². The number of hydrogen-bond donors (Lipinski definition) is 1. The summed E-state index contributed by atoms with van der Waals surface area (Å²) in [5, 5.41) is 10.4. The lowest BCUT2D eigenvalue weighted by Crippen LogP contribution is -2.39. The zero-order chi connectivity index (χ0) is 19.4. The van der Waals surface area contributed by atoms with Crippen LogP contribution in [-0.4, -0.2) is 9.97 Å². The third kappa shape index (κ3) is 3.06. The van der Waals surface area contributed by atoms with Crippen molar-refractivity contribution in [2.75, 3.05) is 0 Å². The summed E-state index contributed by atoms with van der Waals surface area (Å²) >= 11 is 3.48. The molecule has 0 amide bonds. The van der Waals surface area contributed by atoms with E-state index in [1.807, 2.05) is 0 Å². The molecule has 3 aromatic rings. The number of aromatic nitrogens is 2. The predicted molar refractivity (Wildman–Crippen MR) is 115 cm³/mol. The molecular weight excluding hydrogens is 370 g/mol. The molecule has 0 aliphatic carbocycles. The summed E-state index contributed by atoms with van der Waals surface area (Å²) in [6.45, 7) is 14.1. The van der Waals surface area contributed by atoms with Gasteiger partial charge in [0.1, 0.15) is 15.6 Å². The number of fused-ring (bicyclic) bond motifs is 1. The van der Waals surface area contributed by atoms with Gasteiger partial charge >= 0.3 is 0 Å². The SMILES string of the molecule is CC(C)(C)c1csc(C2(c3nc(C(C)(C)C)cs3)NCc3ccccc32)n1. The molecule has 1 N–H and O–H groups in total. The molecule has 0 atom stereocenters. The molecule has 142 valence electrons. The first kappa shape index (κ1) is 18.8. The number of nitrogens with one attached hydrogen (secondary N) is 1. The van der Waals surface area contributed by atoms with Gasteiger partial charge in [-0.2, -0.15) is 0 Å². The smallest absolute Gasteiger partial charge is 0.149 e. The Kier molecular flexibility index (Phi) is 4.33. The lowest BCUT2D eigenvalue weighted by molar-refractivity contribution is 0.496. The normalized spacial score (nSPS) is 16.5. The Morgan fingerprint density at radius 2 is 1.37 bits per heavy atom. The second kappa shape index (κ2) is 6.23. The van der Waals surface area contributed by atoms with Crippen LogP contribution in [0.25, 0.3) is 0 Å². The Labute approximate surface area is 169 Å². The molecule has 0 bridgehead atoms. The van der Waals surface area contributed by atoms with E-state index in [4.69, 9.17) is 9.97 Å². The van der Waals surface area contributed by atoms with E-state index in [1.165, 1.54) is 11.1 Å². The quantitative estimate of drug-likeness (QED) is 0.612. The van der Waals surface area contributed by atoms with Crippen molar-refractivity contribution in [3.8, 4) is 0 Å². The fourth-order valence-corrected chi connectivity index (χ4v) is 5.95. The Morgan fingerprint density at radius 3 is 1.85 bits per heavy atom. The van der Waals surface area contributed by atoms with E-state index in [9.17, 15) is 0 Å². The van der Waals surface area contributed by atoms with Gasteiger partial charge in [-0.05, 0) is 11.1 Å². The summed E-state index contributed by atoms with van der Waals surface area (Å²) in [4.78, 5) is 10.2. The maximum Gasteiger partial charge on any atom is 0.149 e. The van der Waals surface area contributed by atoms with E-state index in [1.54, 1.807) is 22.7 Å². The molecule has 2 aromatic heterocycles. The first-order valence-electron chi connectivity index (χ1n) is 9.39. The van der Waals surface area contributed by atoms with Crippen molar-refractivity contribution in [2.45, 2.75) is 64.5 Å². The van der Waals surface area contributed by atoms with Gasteiger partial charge in [0.2, 0.25) is 0 Å². The number of benzene rings is 1. The van der Waals surface area contributed by atoms with E-state index in [0.29, 0.717) is 0 Å². The van der Waals surface area contributed by atoms with E-state index < -0.39 is 5.54 Å². The van der Waals surface area contributed by atoms with Gasteiger partial charge in [0.15, 0.2) is 0 Å². The minimum atomic E-state index is -0.446. The average molecular weight is 398 g/mol. The van der Waals surface area contributed by atoms with Crippen molar-refractivity contribution in [1.82, 2.24) is 15.3 Å². The highest BCUT2D eigenvalue weighted by molar-refractivity contribution is 7.11. The van der Waals surface area contributed by atoms with Crippen molar-refractivity contribution < 1.29 is 0 Å². The predicted octanol–water partition coefficient (Wildman–Crippen LogP) is 5.59. The van der Waals surface area contributed by atoms with Gasteiger partial charge in [-0.3, -0.25) is 5.32 Å². The van der Waals surface area contributed by atoms with Crippen LogP contribution in [0, 0.1) is 0 Å². The first-order chi connectivity index (χ1) is 12.6. The maximum absolute atomic E-state index is 5.11. The summed E-state index contributed by atoms with van der Waals surface area (Å²) < 4.78 is 0. The number of rotatable bonds is 2. The highest BCUT2D eigenvalue weighted by atomic mass is 32.1. The lowest BCUT2D eigenvalue weighted by Gasteiger charge is -2.27. The summed E-state index contributed by atoms with van der Waals surface area (Å²) in [5.41, 5.74) is 4.52. The number of nitrogens with zero attached hydrogens (tertiary/aromatic N) is 2.